The van der Waals surface area contributed by atoms with Crippen LogP contribution in [0.3, 0.4) is 0 Å². The van der Waals surface area contributed by atoms with Crippen molar-refractivity contribution in [2.75, 3.05) is 0 Å². The van der Waals surface area contributed by atoms with Crippen molar-refractivity contribution in [2.24, 2.45) is 0 Å². The maximum Gasteiger partial charge on any atom is 0.262 e. The van der Waals surface area contributed by atoms with Gasteiger partial charge < -0.3 is 4.52 Å². The molecule has 0 spiro atoms. The highest BCUT2D eigenvalue weighted by Crippen LogP contribution is 2.34. The summed E-state index contributed by atoms with van der Waals surface area (Å²) >= 11 is 1.64. The lowest BCUT2D eigenvalue weighted by Gasteiger charge is -2.02. The van der Waals surface area contributed by atoms with E-state index in [4.69, 9.17) is 4.52 Å². The van der Waals surface area contributed by atoms with Crippen molar-refractivity contribution in [1.82, 2.24) is 19.7 Å². The Bertz CT molecular complexity index is 1130. The topological polar surface area (TPSA) is 73.8 Å². The van der Waals surface area contributed by atoms with E-state index in [1.807, 2.05) is 30.3 Å². The molecule has 0 atom stereocenters. The minimum Gasteiger partial charge on any atom is -0.337 e. The van der Waals surface area contributed by atoms with Gasteiger partial charge in [-0.05, 0) is 24.8 Å². The second-order valence-corrected chi connectivity index (χ2v) is 7.18. The first-order valence-electron chi connectivity index (χ1n) is 8.17. The first-order valence-corrected chi connectivity index (χ1v) is 8.99. The molecule has 0 saturated heterocycles. The van der Waals surface area contributed by atoms with Gasteiger partial charge in [0.1, 0.15) is 11.4 Å². The standard InChI is InChI=1S/C18H14N4O2S/c23-18-15-12-7-4-8-13(12)25-17(15)19-10-22(18)9-14-20-16(21-24-14)11-5-2-1-3-6-11/h1-3,5-6,10H,4,7-9H2. The highest BCUT2D eigenvalue weighted by atomic mass is 32.1. The Morgan fingerprint density at radius 3 is 2.96 bits per heavy atom. The van der Waals surface area contributed by atoms with Crippen LogP contribution in [0.2, 0.25) is 0 Å². The van der Waals surface area contributed by atoms with Gasteiger partial charge in [-0.15, -0.1) is 11.3 Å². The van der Waals surface area contributed by atoms with Crippen LogP contribution >= 0.6 is 11.3 Å². The summed E-state index contributed by atoms with van der Waals surface area (Å²) in [5.74, 6) is 0.920. The van der Waals surface area contributed by atoms with Gasteiger partial charge in [0.05, 0.1) is 11.7 Å². The second kappa shape index (κ2) is 5.63. The Morgan fingerprint density at radius 2 is 2.08 bits per heavy atom. The third-order valence-electron chi connectivity index (χ3n) is 4.50. The molecule has 6 nitrogen and oxygen atoms in total. The van der Waals surface area contributed by atoms with Gasteiger partial charge in [-0.3, -0.25) is 9.36 Å². The van der Waals surface area contributed by atoms with E-state index in [1.54, 1.807) is 22.2 Å². The van der Waals surface area contributed by atoms with Gasteiger partial charge in [-0.25, -0.2) is 4.98 Å². The maximum atomic E-state index is 12.9. The highest BCUT2D eigenvalue weighted by Gasteiger charge is 2.21. The van der Waals surface area contributed by atoms with Gasteiger partial charge >= 0.3 is 0 Å². The van der Waals surface area contributed by atoms with Crippen molar-refractivity contribution in [3.63, 3.8) is 0 Å². The number of hydrogen-bond donors (Lipinski definition) is 0. The molecule has 25 heavy (non-hydrogen) atoms. The van der Waals surface area contributed by atoms with Crippen LogP contribution in [0, 0.1) is 0 Å². The smallest absolute Gasteiger partial charge is 0.262 e. The number of hydrogen-bond acceptors (Lipinski definition) is 6. The zero-order chi connectivity index (χ0) is 16.8. The molecule has 7 heteroatoms. The number of nitrogens with zero attached hydrogens (tertiary/aromatic N) is 4. The molecule has 4 aromatic rings. The van der Waals surface area contributed by atoms with E-state index in [-0.39, 0.29) is 12.1 Å². The zero-order valence-electron chi connectivity index (χ0n) is 13.3. The minimum atomic E-state index is -0.0242. The molecule has 0 saturated carbocycles. The van der Waals surface area contributed by atoms with Crippen LogP contribution in [0.25, 0.3) is 21.6 Å². The first-order chi connectivity index (χ1) is 12.3. The largest absolute Gasteiger partial charge is 0.337 e. The molecule has 3 aromatic heterocycles. The van der Waals surface area contributed by atoms with Gasteiger partial charge in [0, 0.05) is 10.4 Å². The van der Waals surface area contributed by atoms with Crippen molar-refractivity contribution in [2.45, 2.75) is 25.8 Å². The fraction of sp³-hybridized carbons (Fsp3) is 0.222. The fourth-order valence-electron chi connectivity index (χ4n) is 3.30. The second-order valence-electron chi connectivity index (χ2n) is 6.09. The summed E-state index contributed by atoms with van der Waals surface area (Å²) < 4.78 is 6.87. The van der Waals surface area contributed by atoms with Crippen LogP contribution in [0.4, 0.5) is 0 Å². The highest BCUT2D eigenvalue weighted by molar-refractivity contribution is 7.18. The Balaban J connectivity index is 1.52. The molecule has 0 radical (unpaired) electrons. The van der Waals surface area contributed by atoms with E-state index < -0.39 is 0 Å². The fourth-order valence-corrected chi connectivity index (χ4v) is 4.52. The lowest BCUT2D eigenvalue weighted by Crippen LogP contribution is -2.21. The van der Waals surface area contributed by atoms with Crippen molar-refractivity contribution in [3.05, 3.63) is 63.3 Å². The van der Waals surface area contributed by atoms with Crippen LogP contribution in [0.15, 0.2) is 46.0 Å². The average molecular weight is 350 g/mol. The minimum absolute atomic E-state index is 0.0242. The van der Waals surface area contributed by atoms with Gasteiger partial charge in [-0.2, -0.15) is 4.98 Å². The monoisotopic (exact) mass is 350 g/mol. The molecule has 0 N–H and O–H groups in total. The summed E-state index contributed by atoms with van der Waals surface area (Å²) in [5, 5.41) is 4.77. The molecule has 0 unspecified atom stereocenters. The molecular formula is C18H14N4O2S. The Labute approximate surface area is 146 Å². The lowest BCUT2D eigenvalue weighted by molar-refractivity contribution is 0.369. The maximum absolute atomic E-state index is 12.9. The van der Waals surface area contributed by atoms with Gasteiger partial charge in [-0.1, -0.05) is 35.5 Å². The number of rotatable bonds is 3. The predicted molar refractivity (Wildman–Crippen MR) is 94.7 cm³/mol. The van der Waals surface area contributed by atoms with Crippen molar-refractivity contribution >= 4 is 21.6 Å². The number of thiophene rings is 1. The third-order valence-corrected chi connectivity index (χ3v) is 5.70. The van der Waals surface area contributed by atoms with E-state index >= 15 is 0 Å². The first kappa shape index (κ1) is 14.5. The number of aryl methyl sites for hydroxylation is 2. The van der Waals surface area contributed by atoms with Crippen LogP contribution in [0.1, 0.15) is 22.8 Å². The molecule has 124 valence electrons. The Morgan fingerprint density at radius 1 is 1.20 bits per heavy atom. The van der Waals surface area contributed by atoms with Crippen LogP contribution < -0.4 is 5.56 Å². The SMILES string of the molecule is O=c1c2c3c(sc2ncn1Cc1nc(-c2ccccc2)no1)CCC3. The Hall–Kier alpha value is -2.80. The molecule has 3 heterocycles. The molecule has 0 aliphatic heterocycles. The van der Waals surface area contributed by atoms with Gasteiger partial charge in [0.15, 0.2) is 0 Å². The van der Waals surface area contributed by atoms with Crippen molar-refractivity contribution < 1.29 is 4.52 Å². The predicted octanol–water partition coefficient (Wildman–Crippen LogP) is 3.05. The van der Waals surface area contributed by atoms with Crippen molar-refractivity contribution in [3.8, 4) is 11.4 Å². The van der Waals surface area contributed by atoms with E-state index in [0.29, 0.717) is 11.7 Å². The Kier molecular flexibility index (Phi) is 3.27. The molecule has 0 amide bonds. The molecule has 5 rings (SSSR count). The summed E-state index contributed by atoms with van der Waals surface area (Å²) in [4.78, 5) is 23.9. The number of fused-ring (bicyclic) bond motifs is 3. The zero-order valence-corrected chi connectivity index (χ0v) is 14.1. The van der Waals surface area contributed by atoms with Crippen molar-refractivity contribution in [1.29, 1.82) is 0 Å². The summed E-state index contributed by atoms with van der Waals surface area (Å²) in [5.41, 5.74) is 2.04. The quantitative estimate of drug-likeness (QED) is 0.568. The van der Waals surface area contributed by atoms with E-state index in [0.717, 1.165) is 35.0 Å². The average Bonchev–Trinajstić information content (AvgIpc) is 3.34. The number of aromatic nitrogens is 4. The summed E-state index contributed by atoms with van der Waals surface area (Å²) in [6.07, 6.45) is 4.72. The number of benzene rings is 1. The van der Waals surface area contributed by atoms with Gasteiger partial charge in [0.2, 0.25) is 11.7 Å². The van der Waals surface area contributed by atoms with Crippen LogP contribution in [-0.2, 0) is 19.4 Å². The van der Waals surface area contributed by atoms with Gasteiger partial charge in [0.25, 0.3) is 5.56 Å². The third kappa shape index (κ3) is 2.39. The molecule has 1 aliphatic carbocycles. The van der Waals surface area contributed by atoms with Crippen LogP contribution in [0.5, 0.6) is 0 Å². The summed E-state index contributed by atoms with van der Waals surface area (Å²) in [7, 11) is 0. The molecule has 0 bridgehead atoms. The molecule has 1 aromatic carbocycles. The molecule has 1 aliphatic rings. The van der Waals surface area contributed by atoms with E-state index in [2.05, 4.69) is 15.1 Å². The van der Waals surface area contributed by atoms with E-state index in [1.165, 1.54) is 10.4 Å². The normalized spacial score (nSPS) is 13.4. The lowest BCUT2D eigenvalue weighted by atomic mass is 10.2. The van der Waals surface area contributed by atoms with Crippen LogP contribution in [-0.4, -0.2) is 19.7 Å². The summed E-state index contributed by atoms with van der Waals surface area (Å²) in [6.45, 7) is 0.228. The van der Waals surface area contributed by atoms with E-state index in [9.17, 15) is 4.79 Å². The summed E-state index contributed by atoms with van der Waals surface area (Å²) in [6, 6.07) is 9.62. The molecular weight excluding hydrogens is 336 g/mol. The molecule has 0 fully saturated rings.